The molecule has 4 nitrogen and oxygen atoms in total. The molecule has 0 saturated heterocycles. The van der Waals surface area contributed by atoms with E-state index < -0.39 is 10.0 Å². The molecule has 0 aliphatic rings. The van der Waals surface area contributed by atoms with Crippen molar-refractivity contribution in [2.75, 3.05) is 4.72 Å². The number of nitrogens with one attached hydrogen (secondary N) is 1. The van der Waals surface area contributed by atoms with Crippen molar-refractivity contribution >= 4 is 54.8 Å². The van der Waals surface area contributed by atoms with Crippen LogP contribution in [0.4, 0.5) is 5.69 Å². The van der Waals surface area contributed by atoms with Crippen LogP contribution < -0.4 is 4.72 Å². The molecule has 0 unspecified atom stereocenters. The van der Waals surface area contributed by atoms with E-state index in [-0.39, 0.29) is 10.0 Å². The Balaban J connectivity index is 2.40. The van der Waals surface area contributed by atoms with Crippen LogP contribution in [0, 0.1) is 6.92 Å². The summed E-state index contributed by atoms with van der Waals surface area (Å²) < 4.78 is 27.4. The standard InChI is InChI=1S/C12H9BrCl2N2O2S/c1-7-2-3-8(14)4-11(7)17-20(18,19)9-5-10(13)12(15)16-6-9/h2-6,17H,1H3. The topological polar surface area (TPSA) is 59.1 Å². The second-order valence-electron chi connectivity index (χ2n) is 4.01. The van der Waals surface area contributed by atoms with Crippen molar-refractivity contribution in [1.82, 2.24) is 4.98 Å². The van der Waals surface area contributed by atoms with Crippen LogP contribution in [0.1, 0.15) is 5.56 Å². The van der Waals surface area contributed by atoms with Crippen LogP contribution in [0.2, 0.25) is 10.2 Å². The molecule has 0 fully saturated rings. The quantitative estimate of drug-likeness (QED) is 0.789. The van der Waals surface area contributed by atoms with Gasteiger partial charge in [0.2, 0.25) is 0 Å². The molecule has 106 valence electrons. The lowest BCUT2D eigenvalue weighted by Crippen LogP contribution is -2.14. The molecule has 8 heteroatoms. The van der Waals surface area contributed by atoms with E-state index in [1.54, 1.807) is 25.1 Å². The lowest BCUT2D eigenvalue weighted by Gasteiger charge is -2.11. The lowest BCUT2D eigenvalue weighted by atomic mass is 10.2. The fourth-order valence-electron chi connectivity index (χ4n) is 1.46. The highest BCUT2D eigenvalue weighted by molar-refractivity contribution is 9.10. The Labute approximate surface area is 135 Å². The van der Waals surface area contributed by atoms with Gasteiger partial charge in [0.05, 0.1) is 10.2 Å². The van der Waals surface area contributed by atoms with Crippen molar-refractivity contribution in [3.63, 3.8) is 0 Å². The van der Waals surface area contributed by atoms with Gasteiger partial charge in [-0.3, -0.25) is 4.72 Å². The van der Waals surface area contributed by atoms with Crippen LogP contribution in [0.25, 0.3) is 0 Å². The summed E-state index contributed by atoms with van der Waals surface area (Å²) >= 11 is 14.8. The van der Waals surface area contributed by atoms with Gasteiger partial charge in [-0.2, -0.15) is 0 Å². The van der Waals surface area contributed by atoms with Gasteiger partial charge >= 0.3 is 0 Å². The van der Waals surface area contributed by atoms with Crippen LogP contribution in [-0.2, 0) is 10.0 Å². The molecule has 0 atom stereocenters. The molecule has 0 saturated carbocycles. The Morgan fingerprint density at radius 2 is 1.95 bits per heavy atom. The lowest BCUT2D eigenvalue weighted by molar-refractivity contribution is 0.600. The predicted octanol–water partition coefficient (Wildman–Crippen LogP) is 4.26. The van der Waals surface area contributed by atoms with Gasteiger partial charge in [0.15, 0.2) is 0 Å². The summed E-state index contributed by atoms with van der Waals surface area (Å²) in [5.74, 6) is 0. The van der Waals surface area contributed by atoms with Gasteiger partial charge in [0.1, 0.15) is 10.0 Å². The van der Waals surface area contributed by atoms with Crippen molar-refractivity contribution in [2.45, 2.75) is 11.8 Å². The molecule has 20 heavy (non-hydrogen) atoms. The van der Waals surface area contributed by atoms with E-state index >= 15 is 0 Å². The minimum atomic E-state index is -3.75. The minimum Gasteiger partial charge on any atom is -0.279 e. The van der Waals surface area contributed by atoms with Gasteiger partial charge in [0, 0.05) is 11.2 Å². The molecule has 1 aromatic heterocycles. The van der Waals surface area contributed by atoms with E-state index in [0.29, 0.717) is 15.2 Å². The maximum absolute atomic E-state index is 12.3. The molecule has 1 N–H and O–H groups in total. The number of sulfonamides is 1. The molecule has 1 aromatic carbocycles. The molecule has 0 radical (unpaired) electrons. The van der Waals surface area contributed by atoms with Gasteiger partial charge in [-0.25, -0.2) is 13.4 Å². The average Bonchev–Trinajstić information content (AvgIpc) is 2.36. The minimum absolute atomic E-state index is 0.00755. The first kappa shape index (κ1) is 15.6. The second-order valence-corrected chi connectivity index (χ2v) is 7.34. The summed E-state index contributed by atoms with van der Waals surface area (Å²) in [6.07, 6.45) is 1.19. The summed E-state index contributed by atoms with van der Waals surface area (Å²) in [6.45, 7) is 1.78. The third-order valence-electron chi connectivity index (χ3n) is 2.53. The van der Waals surface area contributed by atoms with Gasteiger partial charge in [-0.1, -0.05) is 29.3 Å². The van der Waals surface area contributed by atoms with Crippen LogP contribution in [-0.4, -0.2) is 13.4 Å². The first-order chi connectivity index (χ1) is 9.29. The van der Waals surface area contributed by atoms with Crippen molar-refractivity contribution in [3.05, 3.63) is 50.7 Å². The summed E-state index contributed by atoms with van der Waals surface area (Å²) in [5, 5.41) is 0.645. The number of aryl methyl sites for hydroxylation is 1. The summed E-state index contributed by atoms with van der Waals surface area (Å²) in [7, 11) is -3.75. The molecule has 2 rings (SSSR count). The number of aromatic nitrogens is 1. The Bertz CT molecular complexity index is 766. The van der Waals surface area contributed by atoms with Crippen LogP contribution in [0.15, 0.2) is 39.8 Å². The molecule has 0 aliphatic carbocycles. The van der Waals surface area contributed by atoms with Crippen molar-refractivity contribution in [3.8, 4) is 0 Å². The zero-order valence-electron chi connectivity index (χ0n) is 10.2. The van der Waals surface area contributed by atoms with Gasteiger partial charge in [-0.15, -0.1) is 0 Å². The summed E-state index contributed by atoms with van der Waals surface area (Å²) in [6, 6.07) is 6.36. The number of hydrogen-bond donors (Lipinski definition) is 1. The van der Waals surface area contributed by atoms with Gasteiger partial charge in [0.25, 0.3) is 10.0 Å². The van der Waals surface area contributed by atoms with Gasteiger partial charge < -0.3 is 0 Å². The maximum atomic E-state index is 12.3. The van der Waals surface area contributed by atoms with Crippen LogP contribution in [0.5, 0.6) is 0 Å². The molecule has 0 spiro atoms. The second kappa shape index (κ2) is 5.89. The number of pyridine rings is 1. The monoisotopic (exact) mass is 394 g/mol. The highest BCUT2D eigenvalue weighted by Gasteiger charge is 2.17. The number of nitrogens with zero attached hydrogens (tertiary/aromatic N) is 1. The van der Waals surface area contributed by atoms with Crippen LogP contribution >= 0.6 is 39.1 Å². The summed E-state index contributed by atoms with van der Waals surface area (Å²) in [5.41, 5.74) is 1.18. The number of anilines is 1. The number of hydrogen-bond acceptors (Lipinski definition) is 3. The Kier molecular flexibility index (Phi) is 4.59. The third kappa shape index (κ3) is 3.44. The average molecular weight is 396 g/mol. The Hall–Kier alpha value is -0.820. The van der Waals surface area contributed by atoms with Crippen molar-refractivity contribution in [2.24, 2.45) is 0 Å². The largest absolute Gasteiger partial charge is 0.279 e. The fraction of sp³-hybridized carbons (Fsp3) is 0.0833. The molecule has 0 aliphatic heterocycles. The smallest absolute Gasteiger partial charge is 0.263 e. The number of halogens is 3. The maximum Gasteiger partial charge on any atom is 0.263 e. The molecular formula is C12H9BrCl2N2O2S. The highest BCUT2D eigenvalue weighted by atomic mass is 79.9. The molecule has 0 bridgehead atoms. The van der Waals surface area contributed by atoms with Crippen LogP contribution in [0.3, 0.4) is 0 Å². The summed E-state index contributed by atoms with van der Waals surface area (Å²) in [4.78, 5) is 3.81. The molecule has 2 aromatic rings. The first-order valence-corrected chi connectivity index (χ1v) is 8.43. The SMILES string of the molecule is Cc1ccc(Cl)cc1NS(=O)(=O)c1cnc(Cl)c(Br)c1. The first-order valence-electron chi connectivity index (χ1n) is 5.39. The number of benzene rings is 1. The Morgan fingerprint density at radius 3 is 2.60 bits per heavy atom. The Morgan fingerprint density at radius 1 is 1.25 bits per heavy atom. The van der Waals surface area contributed by atoms with E-state index in [0.717, 1.165) is 5.56 Å². The van der Waals surface area contributed by atoms with Gasteiger partial charge in [-0.05, 0) is 46.6 Å². The van der Waals surface area contributed by atoms with Crippen molar-refractivity contribution < 1.29 is 8.42 Å². The predicted molar refractivity (Wildman–Crippen MR) is 83.9 cm³/mol. The van der Waals surface area contributed by atoms with E-state index in [1.807, 2.05) is 0 Å². The highest BCUT2D eigenvalue weighted by Crippen LogP contribution is 2.26. The number of rotatable bonds is 3. The molecule has 0 amide bonds. The zero-order valence-corrected chi connectivity index (χ0v) is 14.1. The van der Waals surface area contributed by atoms with E-state index in [1.165, 1.54) is 12.3 Å². The van der Waals surface area contributed by atoms with Crippen molar-refractivity contribution in [1.29, 1.82) is 0 Å². The molecule has 1 heterocycles. The fourth-order valence-corrected chi connectivity index (χ4v) is 3.33. The third-order valence-corrected chi connectivity index (χ3v) is 5.23. The molecular weight excluding hydrogens is 387 g/mol. The normalized spacial score (nSPS) is 11.4. The zero-order chi connectivity index (χ0) is 14.9. The van der Waals surface area contributed by atoms with E-state index in [9.17, 15) is 8.42 Å². The van der Waals surface area contributed by atoms with E-state index in [2.05, 4.69) is 25.6 Å². The van der Waals surface area contributed by atoms with E-state index in [4.69, 9.17) is 23.2 Å².